The fourth-order valence-corrected chi connectivity index (χ4v) is 5.17. The lowest BCUT2D eigenvalue weighted by Crippen LogP contribution is -2.50. The Balaban J connectivity index is 0.000000571. The molecule has 1 aliphatic carbocycles. The zero-order valence-corrected chi connectivity index (χ0v) is 25.7. The Labute approximate surface area is 249 Å². The molecule has 12 heteroatoms. The number of carbonyl (C=O) groups excluding carboxylic acids is 3. The van der Waals surface area contributed by atoms with E-state index in [-0.39, 0.29) is 5.54 Å². The van der Waals surface area contributed by atoms with Crippen LogP contribution in [0.1, 0.15) is 58.1 Å². The summed E-state index contributed by atoms with van der Waals surface area (Å²) in [5.74, 6) is 1.89. The number of thiol groups is 1. The van der Waals surface area contributed by atoms with Gasteiger partial charge in [0.25, 0.3) is 0 Å². The molecule has 11 nitrogen and oxygen atoms in total. The van der Waals surface area contributed by atoms with E-state index in [1.54, 1.807) is 18.6 Å². The van der Waals surface area contributed by atoms with Crippen LogP contribution in [0.25, 0.3) is 5.57 Å². The molecule has 41 heavy (non-hydrogen) atoms. The third kappa shape index (κ3) is 10.1. The highest BCUT2D eigenvalue weighted by Crippen LogP contribution is 2.38. The van der Waals surface area contributed by atoms with Crippen molar-refractivity contribution in [2.24, 2.45) is 5.92 Å². The average Bonchev–Trinajstić information content (AvgIpc) is 3.51. The van der Waals surface area contributed by atoms with Crippen molar-refractivity contribution in [2.45, 2.75) is 62.8 Å². The molecule has 4 rings (SSSR count). The van der Waals surface area contributed by atoms with Crippen LogP contribution in [0.4, 0.5) is 17.5 Å². The third-order valence-electron chi connectivity index (χ3n) is 7.68. The Morgan fingerprint density at radius 3 is 2.15 bits per heavy atom. The Kier molecular flexibility index (Phi) is 14.2. The summed E-state index contributed by atoms with van der Waals surface area (Å²) >= 11 is 4.64. The fourth-order valence-electron chi connectivity index (χ4n) is 4.93. The first-order valence-electron chi connectivity index (χ1n) is 13.8. The van der Waals surface area contributed by atoms with Crippen molar-refractivity contribution in [3.63, 3.8) is 0 Å². The Bertz CT molecular complexity index is 1120. The molecule has 0 bridgehead atoms. The van der Waals surface area contributed by atoms with Crippen LogP contribution in [-0.4, -0.2) is 78.9 Å². The standard InChI is InChI=1S/C25H36N6S.C2H3NO2.C2H5NO/c1-5-20(18-8-6-7-9-18)23-21(32)17-27-24(29-23)28-22-11-10-19(16-26-22)31-14-12-25(2,13-15-31)30(3)4;4-1-3-2-5;1-3-2-4/h5,10-11,16-18,32H,6-9,12-15H2,1-4H3,(H,26,27,28,29);1-2H,(H,3,4,5);2H,1H3,(H,3,4)/b20-5+;;. The lowest BCUT2D eigenvalue weighted by Gasteiger charge is -2.44. The number of nitrogens with zero attached hydrogens (tertiary/aromatic N) is 5. The molecule has 2 fully saturated rings. The lowest BCUT2D eigenvalue weighted by atomic mass is 9.88. The van der Waals surface area contributed by atoms with E-state index < -0.39 is 0 Å². The van der Waals surface area contributed by atoms with Gasteiger partial charge in [0.1, 0.15) is 5.82 Å². The number of anilines is 3. The summed E-state index contributed by atoms with van der Waals surface area (Å²) in [7, 11) is 5.92. The summed E-state index contributed by atoms with van der Waals surface area (Å²) in [5.41, 5.74) is 3.68. The molecule has 2 aromatic rings. The minimum atomic E-state index is 0.282. The van der Waals surface area contributed by atoms with Gasteiger partial charge in [-0.1, -0.05) is 18.9 Å². The van der Waals surface area contributed by atoms with Crippen LogP contribution in [0.15, 0.2) is 35.5 Å². The van der Waals surface area contributed by atoms with Crippen molar-refractivity contribution >= 4 is 54.9 Å². The predicted molar refractivity (Wildman–Crippen MR) is 166 cm³/mol. The number of pyridine rings is 1. The summed E-state index contributed by atoms with van der Waals surface area (Å²) in [4.78, 5) is 46.7. The van der Waals surface area contributed by atoms with Crippen molar-refractivity contribution in [3.05, 3.63) is 36.3 Å². The molecule has 0 unspecified atom stereocenters. The topological polar surface area (TPSA) is 132 Å². The van der Waals surface area contributed by atoms with Crippen LogP contribution < -0.4 is 20.9 Å². The van der Waals surface area contributed by atoms with Crippen LogP contribution in [0.2, 0.25) is 0 Å². The molecule has 0 spiro atoms. The minimum absolute atomic E-state index is 0.282. The first-order chi connectivity index (χ1) is 19.7. The van der Waals surface area contributed by atoms with E-state index in [4.69, 9.17) is 19.4 Å². The first kappa shape index (κ1) is 33.7. The second-order valence-electron chi connectivity index (χ2n) is 10.4. The lowest BCUT2D eigenvalue weighted by molar-refractivity contribution is -0.117. The van der Waals surface area contributed by atoms with Crippen molar-refractivity contribution in [1.82, 2.24) is 30.5 Å². The molecular formula is C29H44N8O3S. The number of amides is 3. The average molecular weight is 585 g/mol. The minimum Gasteiger partial charge on any atom is -0.370 e. The Hall–Kier alpha value is -3.51. The number of hydrogen-bond donors (Lipinski definition) is 4. The highest BCUT2D eigenvalue weighted by Gasteiger charge is 2.32. The molecule has 0 atom stereocenters. The smallest absolute Gasteiger partial charge is 0.228 e. The highest BCUT2D eigenvalue weighted by molar-refractivity contribution is 7.80. The maximum Gasteiger partial charge on any atom is 0.228 e. The van der Waals surface area contributed by atoms with Crippen LogP contribution in [0.5, 0.6) is 0 Å². The van der Waals surface area contributed by atoms with Gasteiger partial charge in [0.15, 0.2) is 0 Å². The summed E-state index contributed by atoms with van der Waals surface area (Å²) in [6.07, 6.45) is 14.5. The molecule has 2 aromatic heterocycles. The number of piperidine rings is 1. The molecule has 1 saturated carbocycles. The normalized spacial score (nSPS) is 16.5. The van der Waals surface area contributed by atoms with Crippen molar-refractivity contribution in [1.29, 1.82) is 0 Å². The largest absolute Gasteiger partial charge is 0.370 e. The molecule has 3 heterocycles. The van der Waals surface area contributed by atoms with E-state index in [0.29, 0.717) is 31.1 Å². The number of rotatable bonds is 9. The number of aromatic nitrogens is 3. The maximum absolute atomic E-state index is 9.06. The van der Waals surface area contributed by atoms with E-state index in [9.17, 15) is 0 Å². The van der Waals surface area contributed by atoms with Gasteiger partial charge in [-0.3, -0.25) is 14.4 Å². The van der Waals surface area contributed by atoms with Gasteiger partial charge in [0.05, 0.1) is 17.6 Å². The molecule has 0 aromatic carbocycles. The van der Waals surface area contributed by atoms with Crippen molar-refractivity contribution in [3.8, 4) is 0 Å². The van der Waals surface area contributed by atoms with Crippen molar-refractivity contribution in [2.75, 3.05) is 44.4 Å². The van der Waals surface area contributed by atoms with E-state index in [1.807, 2.05) is 12.3 Å². The molecule has 3 N–H and O–H groups in total. The molecule has 1 aliphatic heterocycles. The van der Waals surface area contributed by atoms with Crippen LogP contribution >= 0.6 is 12.6 Å². The summed E-state index contributed by atoms with van der Waals surface area (Å²) in [6.45, 7) is 6.54. The van der Waals surface area contributed by atoms with Gasteiger partial charge in [-0.15, -0.1) is 12.6 Å². The van der Waals surface area contributed by atoms with Gasteiger partial charge in [-0.2, -0.15) is 0 Å². The number of allylic oxidation sites excluding steroid dienone is 2. The monoisotopic (exact) mass is 584 g/mol. The maximum atomic E-state index is 9.06. The molecule has 1 saturated heterocycles. The number of carbonyl (C=O) groups is 3. The van der Waals surface area contributed by atoms with E-state index >= 15 is 0 Å². The third-order valence-corrected chi connectivity index (χ3v) is 8.00. The van der Waals surface area contributed by atoms with Gasteiger partial charge in [0, 0.05) is 36.8 Å². The van der Waals surface area contributed by atoms with E-state index in [0.717, 1.165) is 42.3 Å². The van der Waals surface area contributed by atoms with Gasteiger partial charge >= 0.3 is 0 Å². The van der Waals surface area contributed by atoms with E-state index in [2.05, 4.69) is 83.1 Å². The predicted octanol–water partition coefficient (Wildman–Crippen LogP) is 3.67. The zero-order chi connectivity index (χ0) is 30.3. The molecule has 3 amide bonds. The second-order valence-corrected chi connectivity index (χ2v) is 10.8. The molecule has 224 valence electrons. The Morgan fingerprint density at radius 2 is 1.68 bits per heavy atom. The first-order valence-corrected chi connectivity index (χ1v) is 14.3. The molecule has 2 aliphatic rings. The van der Waals surface area contributed by atoms with Gasteiger partial charge < -0.3 is 25.8 Å². The summed E-state index contributed by atoms with van der Waals surface area (Å²) in [5, 5.41) is 7.28. The zero-order valence-electron chi connectivity index (χ0n) is 24.8. The molecular weight excluding hydrogens is 540 g/mol. The van der Waals surface area contributed by atoms with Crippen LogP contribution in [-0.2, 0) is 14.4 Å². The highest BCUT2D eigenvalue weighted by atomic mass is 32.1. The molecule has 0 radical (unpaired) electrons. The Morgan fingerprint density at radius 1 is 1.05 bits per heavy atom. The number of nitrogens with one attached hydrogen (secondary N) is 3. The van der Waals surface area contributed by atoms with Gasteiger partial charge in [-0.25, -0.2) is 15.0 Å². The van der Waals surface area contributed by atoms with Crippen molar-refractivity contribution < 1.29 is 14.4 Å². The second kappa shape index (κ2) is 17.3. The van der Waals surface area contributed by atoms with Gasteiger partial charge in [0.2, 0.25) is 25.2 Å². The van der Waals surface area contributed by atoms with Crippen LogP contribution in [0.3, 0.4) is 0 Å². The quantitative estimate of drug-likeness (QED) is 0.257. The van der Waals surface area contributed by atoms with E-state index in [1.165, 1.54) is 36.9 Å². The summed E-state index contributed by atoms with van der Waals surface area (Å²) < 4.78 is 0. The van der Waals surface area contributed by atoms with Gasteiger partial charge in [-0.05, 0) is 77.2 Å². The number of imide groups is 1. The SMILES string of the molecule is C/C=C(/c1nc(Nc2ccc(N3CCC(C)(N(C)C)CC3)cn2)ncc1S)C1CCCC1.CNC=O.O=CNC=O. The fraction of sp³-hybridized carbons (Fsp3) is 0.517. The summed E-state index contributed by atoms with van der Waals surface area (Å²) in [6, 6.07) is 4.15. The van der Waals surface area contributed by atoms with Crippen LogP contribution in [0, 0.1) is 5.92 Å². The number of hydrogen-bond acceptors (Lipinski definition) is 10.